The Morgan fingerprint density at radius 1 is 1.15 bits per heavy atom. The second-order valence-electron chi connectivity index (χ2n) is 4.37. The molecule has 116 valence electrons. The van der Waals surface area contributed by atoms with Crippen LogP contribution in [0.1, 0.15) is 13.8 Å². The van der Waals surface area contributed by atoms with E-state index < -0.39 is 17.9 Å². The fourth-order valence-corrected chi connectivity index (χ4v) is 1.31. The molecule has 3 amide bonds. The predicted octanol–water partition coefficient (Wildman–Crippen LogP) is -0.658. The van der Waals surface area contributed by atoms with E-state index in [1.807, 2.05) is 13.8 Å². The number of esters is 1. The van der Waals surface area contributed by atoms with Gasteiger partial charge in [0.2, 0.25) is 5.91 Å². The van der Waals surface area contributed by atoms with Gasteiger partial charge in [-0.15, -0.1) is 0 Å². The number of imide groups is 1. The first kappa shape index (κ1) is 18.3. The monoisotopic (exact) mass is 289 g/mol. The highest BCUT2D eigenvalue weighted by molar-refractivity contribution is 5.95. The molecule has 8 nitrogen and oxygen atoms in total. The lowest BCUT2D eigenvalue weighted by molar-refractivity contribution is -0.142. The molecule has 8 heteroatoms. The molecule has 0 fully saturated rings. The van der Waals surface area contributed by atoms with Crippen molar-refractivity contribution in [2.45, 2.75) is 19.9 Å². The topological polar surface area (TPSA) is 97.0 Å². The number of nitrogens with zero attached hydrogens (tertiary/aromatic N) is 1. The molecular weight excluding hydrogens is 266 g/mol. The van der Waals surface area contributed by atoms with Gasteiger partial charge in [-0.05, 0) is 13.8 Å². The molecule has 0 aromatic heterocycles. The van der Waals surface area contributed by atoms with Crippen molar-refractivity contribution in [3.63, 3.8) is 0 Å². The minimum Gasteiger partial charge on any atom is -0.468 e. The van der Waals surface area contributed by atoms with Crippen molar-refractivity contribution in [3.05, 3.63) is 0 Å². The molecule has 2 N–H and O–H groups in total. The summed E-state index contributed by atoms with van der Waals surface area (Å²) in [7, 11) is 2.79. The van der Waals surface area contributed by atoms with Gasteiger partial charge in [-0.25, -0.2) is 4.79 Å². The van der Waals surface area contributed by atoms with E-state index in [0.29, 0.717) is 13.2 Å². The molecule has 0 saturated heterocycles. The van der Waals surface area contributed by atoms with E-state index in [0.717, 1.165) is 0 Å². The zero-order valence-corrected chi connectivity index (χ0v) is 12.4. The molecule has 0 aromatic carbocycles. The Morgan fingerprint density at radius 3 is 2.30 bits per heavy atom. The first-order valence-electron chi connectivity index (χ1n) is 6.28. The Kier molecular flexibility index (Phi) is 9.31. The third-order valence-corrected chi connectivity index (χ3v) is 2.48. The van der Waals surface area contributed by atoms with Gasteiger partial charge in [0, 0.05) is 19.7 Å². The van der Waals surface area contributed by atoms with Crippen LogP contribution in [0, 0.1) is 0 Å². The zero-order chi connectivity index (χ0) is 15.5. The highest BCUT2D eigenvalue weighted by Crippen LogP contribution is 1.98. The Labute approximate surface area is 118 Å². The highest BCUT2D eigenvalue weighted by atomic mass is 16.5. The molecule has 0 aromatic rings. The zero-order valence-electron chi connectivity index (χ0n) is 12.4. The number of carbonyl (C=O) groups is 3. The molecule has 0 atom stereocenters. The molecule has 0 bridgehead atoms. The molecule has 0 heterocycles. The lowest BCUT2D eigenvalue weighted by atomic mass is 10.3. The summed E-state index contributed by atoms with van der Waals surface area (Å²) in [6.45, 7) is 4.29. The van der Waals surface area contributed by atoms with Crippen LogP contribution < -0.4 is 10.6 Å². The maximum atomic E-state index is 11.7. The van der Waals surface area contributed by atoms with Crippen LogP contribution in [0.15, 0.2) is 0 Å². The van der Waals surface area contributed by atoms with E-state index in [1.165, 1.54) is 14.2 Å². The van der Waals surface area contributed by atoms with E-state index in [9.17, 15) is 14.4 Å². The average Bonchev–Trinajstić information content (AvgIpc) is 2.37. The summed E-state index contributed by atoms with van der Waals surface area (Å²) in [6, 6.07) is -0.620. The minimum absolute atomic E-state index is 0.00706. The van der Waals surface area contributed by atoms with Crippen molar-refractivity contribution >= 4 is 17.9 Å². The summed E-state index contributed by atoms with van der Waals surface area (Å²) in [6.07, 6.45) is 0. The molecule has 0 unspecified atom stereocenters. The van der Waals surface area contributed by atoms with Crippen LogP contribution in [0.3, 0.4) is 0 Å². The molecule has 20 heavy (non-hydrogen) atoms. The van der Waals surface area contributed by atoms with Gasteiger partial charge in [0.25, 0.3) is 0 Å². The molecular formula is C12H23N3O5. The van der Waals surface area contributed by atoms with E-state index in [4.69, 9.17) is 4.74 Å². The van der Waals surface area contributed by atoms with Crippen LogP contribution in [-0.2, 0) is 19.1 Å². The SMILES string of the molecule is COCCNC(=O)NC(=O)CN(CC(=O)OC)C(C)C. The van der Waals surface area contributed by atoms with Gasteiger partial charge < -0.3 is 14.8 Å². The largest absolute Gasteiger partial charge is 0.468 e. The normalized spacial score (nSPS) is 10.5. The lowest BCUT2D eigenvalue weighted by Crippen LogP contribution is -2.47. The quantitative estimate of drug-likeness (QED) is 0.455. The summed E-state index contributed by atoms with van der Waals surface area (Å²) in [4.78, 5) is 35.8. The summed E-state index contributed by atoms with van der Waals surface area (Å²) in [5, 5.41) is 4.64. The number of amides is 3. The van der Waals surface area contributed by atoms with Gasteiger partial charge in [0.05, 0.1) is 26.8 Å². The highest BCUT2D eigenvalue weighted by Gasteiger charge is 2.18. The van der Waals surface area contributed by atoms with Crippen LogP contribution in [-0.4, -0.2) is 69.3 Å². The summed E-state index contributed by atoms with van der Waals surface area (Å²) < 4.78 is 9.32. The fraction of sp³-hybridized carbons (Fsp3) is 0.750. The van der Waals surface area contributed by atoms with Gasteiger partial charge in [-0.1, -0.05) is 0 Å². The Hall–Kier alpha value is -1.67. The van der Waals surface area contributed by atoms with Crippen molar-refractivity contribution in [1.82, 2.24) is 15.5 Å². The third-order valence-electron chi connectivity index (χ3n) is 2.48. The van der Waals surface area contributed by atoms with Gasteiger partial charge in [0.15, 0.2) is 0 Å². The first-order chi connectivity index (χ1) is 9.40. The van der Waals surface area contributed by atoms with Gasteiger partial charge in [0.1, 0.15) is 0 Å². The van der Waals surface area contributed by atoms with Gasteiger partial charge in [-0.3, -0.25) is 19.8 Å². The van der Waals surface area contributed by atoms with Crippen molar-refractivity contribution in [3.8, 4) is 0 Å². The lowest BCUT2D eigenvalue weighted by Gasteiger charge is -2.24. The third kappa shape index (κ3) is 8.44. The van der Waals surface area contributed by atoms with E-state index >= 15 is 0 Å². The standard InChI is InChI=1S/C12H23N3O5/c1-9(2)15(8-11(17)20-4)7-10(16)14-12(18)13-5-6-19-3/h9H,5-8H2,1-4H3,(H2,13,14,16,18). The Morgan fingerprint density at radius 2 is 1.80 bits per heavy atom. The van der Waals surface area contributed by atoms with Crippen LogP contribution >= 0.6 is 0 Å². The number of urea groups is 1. The van der Waals surface area contributed by atoms with Crippen molar-refractivity contribution in [1.29, 1.82) is 0 Å². The van der Waals surface area contributed by atoms with E-state index in [1.54, 1.807) is 4.90 Å². The van der Waals surface area contributed by atoms with Crippen molar-refractivity contribution < 1.29 is 23.9 Å². The van der Waals surface area contributed by atoms with Gasteiger partial charge in [-0.2, -0.15) is 0 Å². The van der Waals surface area contributed by atoms with Gasteiger partial charge >= 0.3 is 12.0 Å². The molecule has 0 spiro atoms. The van der Waals surface area contributed by atoms with Crippen LogP contribution in [0.2, 0.25) is 0 Å². The number of rotatable bonds is 8. The molecule has 0 aliphatic heterocycles. The molecule has 0 aliphatic rings. The van der Waals surface area contributed by atoms with Crippen molar-refractivity contribution in [2.75, 3.05) is 40.5 Å². The summed E-state index contributed by atoms with van der Waals surface area (Å²) in [5.41, 5.74) is 0. The number of hydrogen-bond acceptors (Lipinski definition) is 6. The Bertz CT molecular complexity index is 333. The maximum absolute atomic E-state index is 11.7. The fourth-order valence-electron chi connectivity index (χ4n) is 1.31. The number of ether oxygens (including phenoxy) is 2. The number of nitrogens with one attached hydrogen (secondary N) is 2. The van der Waals surface area contributed by atoms with Crippen LogP contribution in [0.4, 0.5) is 4.79 Å². The smallest absolute Gasteiger partial charge is 0.321 e. The molecule has 0 rings (SSSR count). The maximum Gasteiger partial charge on any atom is 0.321 e. The van der Waals surface area contributed by atoms with Crippen LogP contribution in [0.5, 0.6) is 0 Å². The first-order valence-corrected chi connectivity index (χ1v) is 6.28. The molecule has 0 saturated carbocycles. The molecule has 0 radical (unpaired) electrons. The molecule has 0 aliphatic carbocycles. The van der Waals surface area contributed by atoms with E-state index in [2.05, 4.69) is 15.4 Å². The number of hydrogen-bond donors (Lipinski definition) is 2. The minimum atomic E-state index is -0.589. The average molecular weight is 289 g/mol. The second-order valence-corrected chi connectivity index (χ2v) is 4.37. The summed E-state index contributed by atoms with van der Waals surface area (Å²) in [5.74, 6) is -0.923. The predicted molar refractivity (Wildman–Crippen MR) is 72.1 cm³/mol. The second kappa shape index (κ2) is 10.2. The van der Waals surface area contributed by atoms with E-state index in [-0.39, 0.29) is 19.1 Å². The number of carbonyl (C=O) groups excluding carboxylic acids is 3. The number of methoxy groups -OCH3 is 2. The van der Waals surface area contributed by atoms with Crippen molar-refractivity contribution in [2.24, 2.45) is 0 Å². The Balaban J connectivity index is 4.19. The summed E-state index contributed by atoms with van der Waals surface area (Å²) >= 11 is 0. The van der Waals surface area contributed by atoms with Crippen LogP contribution in [0.25, 0.3) is 0 Å².